The number of hydrogen-bond acceptors (Lipinski definition) is 5. The second-order valence-electron chi connectivity index (χ2n) is 9.23. The van der Waals surface area contributed by atoms with Crippen LogP contribution < -0.4 is 4.72 Å². The fourth-order valence-electron chi connectivity index (χ4n) is 4.11. The van der Waals surface area contributed by atoms with Gasteiger partial charge in [-0.25, -0.2) is 4.72 Å². The highest BCUT2D eigenvalue weighted by atomic mass is 32.2. The molecule has 31 heavy (non-hydrogen) atoms. The van der Waals surface area contributed by atoms with Gasteiger partial charge in [-0.1, -0.05) is 6.07 Å². The summed E-state index contributed by atoms with van der Waals surface area (Å²) < 4.78 is 42.2. The number of pyridine rings is 1. The van der Waals surface area contributed by atoms with Gasteiger partial charge in [0.2, 0.25) is 0 Å². The van der Waals surface area contributed by atoms with Crippen molar-refractivity contribution in [1.29, 1.82) is 0 Å². The number of thiophene rings is 1. The van der Waals surface area contributed by atoms with Gasteiger partial charge < -0.3 is 0 Å². The van der Waals surface area contributed by atoms with Crippen LogP contribution in [0.25, 0.3) is 0 Å². The van der Waals surface area contributed by atoms with Gasteiger partial charge in [0.05, 0.1) is 0 Å². The average molecular weight is 469 g/mol. The van der Waals surface area contributed by atoms with Gasteiger partial charge in [-0.2, -0.15) is 17.1 Å². The SMILES string of the molecule is Cc1ccc(C(C)(C)N2CC[C@](CCc3ccc(F)s3)(CNS(=O)(=O)N(C)C)C2)cn1. The van der Waals surface area contributed by atoms with E-state index in [0.717, 1.165) is 48.5 Å². The Morgan fingerprint density at radius 1 is 1.29 bits per heavy atom. The summed E-state index contributed by atoms with van der Waals surface area (Å²) in [4.78, 5) is 7.87. The van der Waals surface area contributed by atoms with Crippen LogP contribution >= 0.6 is 11.3 Å². The number of halogens is 1. The number of aromatic nitrogens is 1. The largest absolute Gasteiger partial charge is 0.293 e. The molecule has 1 N–H and O–H groups in total. The average Bonchev–Trinajstić information content (AvgIpc) is 3.32. The van der Waals surface area contributed by atoms with Crippen LogP contribution in [0.2, 0.25) is 0 Å². The maximum atomic E-state index is 13.5. The number of rotatable bonds is 9. The minimum atomic E-state index is -3.52. The Morgan fingerprint density at radius 2 is 2.03 bits per heavy atom. The Hall–Kier alpha value is -1.39. The predicted molar refractivity (Wildman–Crippen MR) is 124 cm³/mol. The van der Waals surface area contributed by atoms with E-state index in [2.05, 4.69) is 34.5 Å². The van der Waals surface area contributed by atoms with E-state index in [1.807, 2.05) is 25.3 Å². The third-order valence-corrected chi connectivity index (χ3v) is 8.89. The standard InChI is InChI=1S/C22H33FN4O2S2/c1-17-6-7-18(14-24-17)21(2,3)27-13-12-22(16-27,15-25-31(28,29)26(4)5)11-10-19-8-9-20(23)30-19/h6-9,14,25H,10-13,15-16H2,1-5H3/t22-/m1/s1. The van der Waals surface area contributed by atoms with Crippen molar-refractivity contribution >= 4 is 21.5 Å². The quantitative estimate of drug-likeness (QED) is 0.611. The van der Waals surface area contributed by atoms with Crippen LogP contribution in [0.4, 0.5) is 4.39 Å². The lowest BCUT2D eigenvalue weighted by atomic mass is 9.82. The molecular formula is C22H33FN4O2S2. The number of hydrogen-bond donors (Lipinski definition) is 1. The van der Waals surface area contributed by atoms with Crippen LogP contribution in [0.3, 0.4) is 0 Å². The molecule has 1 saturated heterocycles. The topological polar surface area (TPSA) is 65.5 Å². The van der Waals surface area contributed by atoms with Crippen molar-refractivity contribution in [3.8, 4) is 0 Å². The third kappa shape index (κ3) is 5.70. The maximum Gasteiger partial charge on any atom is 0.278 e. The molecule has 2 aromatic rings. The summed E-state index contributed by atoms with van der Waals surface area (Å²) >= 11 is 1.17. The van der Waals surface area contributed by atoms with Crippen molar-refractivity contribution < 1.29 is 12.8 Å². The molecule has 0 aliphatic carbocycles. The number of nitrogens with one attached hydrogen (secondary N) is 1. The minimum Gasteiger partial charge on any atom is -0.293 e. The van der Waals surface area contributed by atoms with Crippen LogP contribution in [0.5, 0.6) is 0 Å². The molecule has 172 valence electrons. The summed E-state index contributed by atoms with van der Waals surface area (Å²) in [6.07, 6.45) is 4.33. The smallest absolute Gasteiger partial charge is 0.278 e. The van der Waals surface area contributed by atoms with E-state index >= 15 is 0 Å². The van der Waals surface area contributed by atoms with Crippen molar-refractivity contribution in [2.24, 2.45) is 5.41 Å². The summed E-state index contributed by atoms with van der Waals surface area (Å²) in [7, 11) is -0.464. The highest BCUT2D eigenvalue weighted by molar-refractivity contribution is 7.87. The zero-order valence-electron chi connectivity index (χ0n) is 19.0. The molecule has 1 fully saturated rings. The van der Waals surface area contributed by atoms with Gasteiger partial charge in [-0.05, 0) is 75.8 Å². The molecule has 0 aromatic carbocycles. The van der Waals surface area contributed by atoms with E-state index < -0.39 is 10.2 Å². The molecule has 6 nitrogen and oxygen atoms in total. The van der Waals surface area contributed by atoms with Crippen molar-refractivity contribution in [2.75, 3.05) is 33.7 Å². The highest BCUT2D eigenvalue weighted by Crippen LogP contribution is 2.41. The zero-order valence-corrected chi connectivity index (χ0v) is 20.6. The van der Waals surface area contributed by atoms with Crippen LogP contribution in [0.1, 0.15) is 42.8 Å². The molecule has 0 amide bonds. The lowest BCUT2D eigenvalue weighted by molar-refractivity contribution is 0.128. The second kappa shape index (κ2) is 9.23. The van der Waals surface area contributed by atoms with Gasteiger partial charge in [0.15, 0.2) is 5.13 Å². The van der Waals surface area contributed by atoms with Gasteiger partial charge in [0.25, 0.3) is 10.2 Å². The van der Waals surface area contributed by atoms with Crippen LogP contribution in [0, 0.1) is 17.5 Å². The third-order valence-electron chi connectivity index (χ3n) is 6.49. The second-order valence-corrected chi connectivity index (χ2v) is 12.3. The van der Waals surface area contributed by atoms with E-state index in [9.17, 15) is 12.8 Å². The van der Waals surface area contributed by atoms with Crippen LogP contribution in [0.15, 0.2) is 30.5 Å². The van der Waals surface area contributed by atoms with Gasteiger partial charge in [-0.3, -0.25) is 9.88 Å². The Labute approximate surface area is 189 Å². The molecule has 0 radical (unpaired) electrons. The first-order chi connectivity index (χ1) is 14.4. The normalized spacial score (nSPS) is 20.6. The molecule has 0 unspecified atom stereocenters. The lowest BCUT2D eigenvalue weighted by Crippen LogP contribution is -2.46. The molecular weight excluding hydrogens is 435 g/mol. The molecule has 3 rings (SSSR count). The van der Waals surface area contributed by atoms with Crippen LogP contribution in [-0.4, -0.2) is 56.3 Å². The molecule has 0 bridgehead atoms. The molecule has 0 saturated carbocycles. The predicted octanol–water partition coefficient (Wildman–Crippen LogP) is 3.55. The lowest BCUT2D eigenvalue weighted by Gasteiger charge is -2.38. The van der Waals surface area contributed by atoms with Crippen molar-refractivity contribution in [3.63, 3.8) is 0 Å². The van der Waals surface area contributed by atoms with E-state index in [4.69, 9.17) is 0 Å². The maximum absolute atomic E-state index is 13.5. The van der Waals surface area contributed by atoms with Crippen molar-refractivity contribution in [1.82, 2.24) is 18.9 Å². The van der Waals surface area contributed by atoms with Gasteiger partial charge in [-0.15, -0.1) is 11.3 Å². The molecule has 1 atom stereocenters. The molecule has 9 heteroatoms. The Bertz CT molecular complexity index is 989. The fraction of sp³-hybridized carbons (Fsp3) is 0.591. The van der Waals surface area contributed by atoms with Gasteiger partial charge >= 0.3 is 0 Å². The van der Waals surface area contributed by atoms with Crippen molar-refractivity contribution in [2.45, 2.75) is 45.6 Å². The number of likely N-dealkylation sites (tertiary alicyclic amines) is 1. The molecule has 0 spiro atoms. The molecule has 1 aliphatic rings. The summed E-state index contributed by atoms with van der Waals surface area (Å²) in [6.45, 7) is 8.34. The first-order valence-electron chi connectivity index (χ1n) is 10.5. The summed E-state index contributed by atoms with van der Waals surface area (Å²) in [6, 6.07) is 7.46. The van der Waals surface area contributed by atoms with E-state index in [-0.39, 0.29) is 16.1 Å². The Balaban J connectivity index is 1.80. The minimum absolute atomic E-state index is 0.182. The van der Waals surface area contributed by atoms with Crippen molar-refractivity contribution in [3.05, 3.63) is 51.7 Å². The number of nitrogens with zero attached hydrogens (tertiary/aromatic N) is 3. The van der Waals surface area contributed by atoms with E-state index in [1.54, 1.807) is 0 Å². The van der Waals surface area contributed by atoms with Gasteiger partial charge in [0.1, 0.15) is 0 Å². The zero-order chi connectivity index (χ0) is 22.9. The highest BCUT2D eigenvalue weighted by Gasteiger charge is 2.44. The fourth-order valence-corrected chi connectivity index (χ4v) is 5.58. The van der Waals surface area contributed by atoms with E-state index in [1.165, 1.54) is 35.8 Å². The first kappa shape index (κ1) is 24.3. The van der Waals surface area contributed by atoms with E-state index in [0.29, 0.717) is 6.54 Å². The number of aryl methyl sites for hydroxylation is 2. The van der Waals surface area contributed by atoms with Crippen LogP contribution in [-0.2, 0) is 22.2 Å². The summed E-state index contributed by atoms with van der Waals surface area (Å²) in [5.41, 5.74) is 1.68. The summed E-state index contributed by atoms with van der Waals surface area (Å²) in [5.74, 6) is 0. The monoisotopic (exact) mass is 468 g/mol. The Kier molecular flexibility index (Phi) is 7.22. The van der Waals surface area contributed by atoms with Gasteiger partial charge in [0, 0.05) is 49.5 Å². The molecule has 1 aliphatic heterocycles. The summed E-state index contributed by atoms with van der Waals surface area (Å²) in [5, 5.41) is -0.182. The first-order valence-corrected chi connectivity index (χ1v) is 12.8. The molecule has 3 heterocycles. The molecule has 2 aromatic heterocycles. The Morgan fingerprint density at radius 3 is 2.61 bits per heavy atom.